The molecule has 0 amide bonds. The summed E-state index contributed by atoms with van der Waals surface area (Å²) < 4.78 is 1.78. The van der Waals surface area contributed by atoms with E-state index in [1.54, 1.807) is 0 Å². The summed E-state index contributed by atoms with van der Waals surface area (Å²) in [5.41, 5.74) is 5.23. The van der Waals surface area contributed by atoms with Crippen LogP contribution in [0.4, 0.5) is 5.69 Å². The summed E-state index contributed by atoms with van der Waals surface area (Å²) in [5.74, 6) is 0. The predicted octanol–water partition coefficient (Wildman–Crippen LogP) is 5.38. The van der Waals surface area contributed by atoms with Crippen LogP contribution in [0.15, 0.2) is 58.4 Å². The Kier molecular flexibility index (Phi) is 3.92. The third-order valence-corrected chi connectivity index (χ3v) is 5.35. The first-order chi connectivity index (χ1) is 11.6. The van der Waals surface area contributed by atoms with Gasteiger partial charge in [0, 0.05) is 63.5 Å². The van der Waals surface area contributed by atoms with Gasteiger partial charge in [-0.25, -0.2) is 0 Å². The van der Waals surface area contributed by atoms with Gasteiger partial charge in [0.2, 0.25) is 0 Å². The maximum Gasteiger partial charge on any atom is 0.294 e. The Bertz CT molecular complexity index is 990. The molecule has 4 rings (SSSR count). The van der Waals surface area contributed by atoms with Gasteiger partial charge >= 0.3 is 0 Å². The molecule has 0 saturated carbocycles. The van der Waals surface area contributed by atoms with Gasteiger partial charge < -0.3 is 0 Å². The monoisotopic (exact) mass is 427 g/mol. The van der Waals surface area contributed by atoms with Crippen LogP contribution in [0.1, 0.15) is 22.4 Å². The summed E-state index contributed by atoms with van der Waals surface area (Å²) in [5, 5.41) is 2.39. The number of benzene rings is 2. The summed E-state index contributed by atoms with van der Waals surface area (Å²) in [6.45, 7) is 1.99. The lowest BCUT2D eigenvalue weighted by Gasteiger charge is -2.13. The molecule has 1 aliphatic rings. The van der Waals surface area contributed by atoms with Crippen LogP contribution in [0.3, 0.4) is 0 Å². The van der Waals surface area contributed by atoms with Crippen molar-refractivity contribution in [2.75, 3.05) is 0 Å². The Morgan fingerprint density at radius 1 is 1.17 bits per heavy atom. The van der Waals surface area contributed by atoms with Gasteiger partial charge in [-0.05, 0) is 41.3 Å². The number of hydrogen-bond donors (Lipinski definition) is 0. The van der Waals surface area contributed by atoms with Gasteiger partial charge in [0.15, 0.2) is 0 Å². The first-order valence-corrected chi connectivity index (χ1v) is 8.99. The zero-order valence-corrected chi connectivity index (χ0v) is 15.4. The maximum atomic E-state index is 12.5. The highest BCUT2D eigenvalue weighted by Gasteiger charge is 2.29. The molecular formula is C20H16IN2O+. The van der Waals surface area contributed by atoms with Crippen molar-refractivity contribution in [2.24, 2.45) is 0 Å². The molecule has 0 N–H and O–H groups in total. The molecule has 0 spiro atoms. The number of aryl methyl sites for hydroxylation is 1. The van der Waals surface area contributed by atoms with E-state index in [-0.39, 0.29) is 0 Å². The molecule has 3 aromatic rings. The first kappa shape index (κ1) is 15.4. The van der Waals surface area contributed by atoms with E-state index in [1.165, 1.54) is 16.3 Å². The van der Waals surface area contributed by atoms with Crippen molar-refractivity contribution in [3.05, 3.63) is 85.7 Å². The van der Waals surface area contributed by atoms with Gasteiger partial charge in [0.05, 0.1) is 4.76 Å². The third kappa shape index (κ3) is 2.65. The SMILES string of the molecule is Cc1ccc(Cc2cc3c(c4ccccc24)CC=C(I)[N+]3=O)cn1. The Balaban J connectivity index is 1.90. The fraction of sp³-hybridized carbons (Fsp3) is 0.150. The van der Waals surface area contributed by atoms with Crippen LogP contribution in [0, 0.1) is 11.8 Å². The molecule has 0 fully saturated rings. The van der Waals surface area contributed by atoms with Gasteiger partial charge in [-0.2, -0.15) is 0 Å². The lowest BCUT2D eigenvalue weighted by molar-refractivity contribution is -0.391. The normalized spacial score (nSPS) is 13.8. The van der Waals surface area contributed by atoms with Gasteiger partial charge in [0.25, 0.3) is 9.39 Å². The van der Waals surface area contributed by atoms with Crippen molar-refractivity contribution in [3.63, 3.8) is 0 Å². The maximum absolute atomic E-state index is 12.5. The molecular weight excluding hydrogens is 411 g/mol. The second-order valence-corrected chi connectivity index (χ2v) is 7.19. The second-order valence-electron chi connectivity index (χ2n) is 6.09. The number of rotatable bonds is 2. The van der Waals surface area contributed by atoms with Crippen molar-refractivity contribution < 1.29 is 4.76 Å². The molecule has 2 heterocycles. The van der Waals surface area contributed by atoms with Crippen molar-refractivity contribution in [3.8, 4) is 0 Å². The predicted molar refractivity (Wildman–Crippen MR) is 105 cm³/mol. The fourth-order valence-electron chi connectivity index (χ4n) is 3.24. The molecule has 3 nitrogen and oxygen atoms in total. The van der Waals surface area contributed by atoms with Gasteiger partial charge in [0.1, 0.15) is 0 Å². The number of halogens is 1. The topological polar surface area (TPSA) is 33.0 Å². The van der Waals surface area contributed by atoms with Crippen LogP contribution in [0.5, 0.6) is 0 Å². The number of nitrogens with zero attached hydrogens (tertiary/aromatic N) is 2. The molecule has 0 atom stereocenters. The summed E-state index contributed by atoms with van der Waals surface area (Å²) in [7, 11) is 0. The van der Waals surface area contributed by atoms with Crippen LogP contribution >= 0.6 is 22.6 Å². The van der Waals surface area contributed by atoms with E-state index in [1.807, 2.05) is 31.3 Å². The standard InChI is InChI=1S/C20H16IN2O/c1-13-6-7-14(12-22-13)10-15-11-19-18(8-9-20(21)23(19)24)17-5-3-2-4-16(15)17/h2-7,9,11-12H,8,10H2,1H3/q+1. The third-order valence-electron chi connectivity index (χ3n) is 4.47. The highest BCUT2D eigenvalue weighted by atomic mass is 127. The van der Waals surface area contributed by atoms with Crippen molar-refractivity contribution in [1.29, 1.82) is 0 Å². The Morgan fingerprint density at radius 2 is 1.96 bits per heavy atom. The van der Waals surface area contributed by atoms with E-state index in [0.29, 0.717) is 0 Å². The van der Waals surface area contributed by atoms with E-state index in [4.69, 9.17) is 0 Å². The lowest BCUT2D eigenvalue weighted by atomic mass is 9.92. The zero-order valence-electron chi connectivity index (χ0n) is 13.3. The number of hydrogen-bond acceptors (Lipinski definition) is 2. The van der Waals surface area contributed by atoms with E-state index < -0.39 is 0 Å². The van der Waals surface area contributed by atoms with E-state index in [2.05, 4.69) is 57.9 Å². The summed E-state index contributed by atoms with van der Waals surface area (Å²) >= 11 is 2.11. The highest BCUT2D eigenvalue weighted by molar-refractivity contribution is 14.1. The van der Waals surface area contributed by atoms with E-state index in [9.17, 15) is 4.91 Å². The van der Waals surface area contributed by atoms with E-state index in [0.717, 1.165) is 43.8 Å². The Labute approximate surface area is 154 Å². The lowest BCUT2D eigenvalue weighted by Crippen LogP contribution is -2.07. The molecule has 1 aliphatic heterocycles. The van der Waals surface area contributed by atoms with E-state index >= 15 is 0 Å². The van der Waals surface area contributed by atoms with Gasteiger partial charge in [-0.1, -0.05) is 30.3 Å². The molecule has 0 unspecified atom stereocenters. The first-order valence-electron chi connectivity index (χ1n) is 7.91. The average Bonchev–Trinajstić information content (AvgIpc) is 2.60. The molecule has 118 valence electrons. The van der Waals surface area contributed by atoms with Crippen molar-refractivity contribution in [1.82, 2.24) is 4.98 Å². The largest absolute Gasteiger partial charge is 0.294 e. The molecule has 1 aromatic heterocycles. The zero-order chi connectivity index (χ0) is 16.7. The number of fused-ring (bicyclic) bond motifs is 3. The summed E-state index contributed by atoms with van der Waals surface area (Å²) in [6.07, 6.45) is 5.49. The van der Waals surface area contributed by atoms with Crippen LogP contribution in [-0.4, -0.2) is 9.74 Å². The smallest absolute Gasteiger partial charge is 0.261 e. The van der Waals surface area contributed by atoms with Gasteiger partial charge in [-0.3, -0.25) is 4.98 Å². The minimum atomic E-state index is 0.735. The average molecular weight is 427 g/mol. The van der Waals surface area contributed by atoms with Crippen molar-refractivity contribution in [2.45, 2.75) is 19.8 Å². The molecule has 0 aliphatic carbocycles. The minimum Gasteiger partial charge on any atom is -0.261 e. The number of pyridine rings is 1. The van der Waals surface area contributed by atoms with Crippen LogP contribution in [0.25, 0.3) is 10.8 Å². The number of nitroso groups, excluding NO2 is 1. The molecule has 0 saturated heterocycles. The quantitative estimate of drug-likeness (QED) is 0.313. The molecule has 24 heavy (non-hydrogen) atoms. The van der Waals surface area contributed by atoms with Crippen molar-refractivity contribution >= 4 is 39.1 Å². The summed E-state index contributed by atoms with van der Waals surface area (Å²) in [6, 6.07) is 14.5. The Hall–Kier alpha value is -2.08. The highest BCUT2D eigenvalue weighted by Crippen LogP contribution is 2.37. The fourth-order valence-corrected chi connectivity index (χ4v) is 3.72. The van der Waals surface area contributed by atoms with Crippen LogP contribution in [-0.2, 0) is 12.8 Å². The number of aromatic nitrogens is 1. The molecule has 4 heteroatoms. The molecule has 2 aromatic carbocycles. The van der Waals surface area contributed by atoms with Crippen LogP contribution in [0.2, 0.25) is 0 Å². The summed E-state index contributed by atoms with van der Waals surface area (Å²) in [4.78, 5) is 16.9. The molecule has 0 bridgehead atoms. The Morgan fingerprint density at radius 3 is 2.71 bits per heavy atom. The minimum absolute atomic E-state index is 0.735. The van der Waals surface area contributed by atoms with Crippen LogP contribution < -0.4 is 0 Å². The second kappa shape index (κ2) is 6.09. The molecule has 0 radical (unpaired) electrons. The van der Waals surface area contributed by atoms with Gasteiger partial charge in [-0.15, -0.1) is 0 Å². The number of allylic oxidation sites excluding steroid dienone is 1.